The third-order valence-electron chi connectivity index (χ3n) is 10.9. The predicted molar refractivity (Wildman–Crippen MR) is 135 cm³/mol. The molecule has 4 aliphatic rings. The quantitative estimate of drug-likeness (QED) is 0.217. The van der Waals surface area contributed by atoms with Crippen LogP contribution in [0, 0.1) is 56.5 Å². The smallest absolute Gasteiger partial charge is 0.302 e. The highest BCUT2D eigenvalue weighted by atomic mass is 16.6. The van der Waals surface area contributed by atoms with Crippen LogP contribution in [-0.4, -0.2) is 17.0 Å². The molecule has 34 heavy (non-hydrogen) atoms. The summed E-state index contributed by atoms with van der Waals surface area (Å²) >= 11 is 0. The lowest BCUT2D eigenvalue weighted by Crippen LogP contribution is -2.52. The van der Waals surface area contributed by atoms with E-state index in [1.807, 2.05) is 0 Å². The van der Waals surface area contributed by atoms with E-state index < -0.39 is 0 Å². The molecule has 5 heteroatoms. The van der Waals surface area contributed by atoms with E-state index in [1.165, 1.54) is 51.9 Å². The van der Waals surface area contributed by atoms with E-state index in [-0.39, 0.29) is 22.4 Å². The Morgan fingerprint density at radius 3 is 2.44 bits per heavy atom. The fraction of sp³-hybridized carbons (Fsp3) is 0.897. The van der Waals surface area contributed by atoms with Gasteiger partial charge < -0.3 is 4.74 Å². The Kier molecular flexibility index (Phi) is 7.24. The van der Waals surface area contributed by atoms with Gasteiger partial charge in [0.25, 0.3) is 0 Å². The standard InChI is InChI=1S/C29H47NO4/c1-18(2)8-7-9-19(3)23-10-11-24-22-17-27(30(32)33)26-16-21(34-20(4)31)12-14-29(26,6)25(22)13-15-28(23,24)5/h18-19,21-25H,7-17H2,1-6H3/t19-,21+,22+,23-,24+,25+,28-,29-/m1/s1. The van der Waals surface area contributed by atoms with Crippen molar-refractivity contribution >= 4 is 5.97 Å². The van der Waals surface area contributed by atoms with Crippen LogP contribution in [0.5, 0.6) is 0 Å². The number of nitro groups is 1. The average molecular weight is 474 g/mol. The van der Waals surface area contributed by atoms with Crippen molar-refractivity contribution in [3.63, 3.8) is 0 Å². The summed E-state index contributed by atoms with van der Waals surface area (Å²) in [6.45, 7) is 13.4. The van der Waals surface area contributed by atoms with Gasteiger partial charge in [-0.05, 0) is 84.9 Å². The zero-order valence-electron chi connectivity index (χ0n) is 22.4. The van der Waals surface area contributed by atoms with Crippen LogP contribution in [0.2, 0.25) is 0 Å². The molecule has 0 amide bonds. The Balaban J connectivity index is 1.58. The minimum absolute atomic E-state index is 0.0904. The molecule has 0 aromatic heterocycles. The van der Waals surface area contributed by atoms with Crippen molar-refractivity contribution in [1.29, 1.82) is 0 Å². The molecular formula is C29H47NO4. The third-order valence-corrected chi connectivity index (χ3v) is 10.9. The van der Waals surface area contributed by atoms with Crippen molar-refractivity contribution in [3.8, 4) is 0 Å². The van der Waals surface area contributed by atoms with E-state index in [0.717, 1.165) is 36.2 Å². The molecule has 0 radical (unpaired) electrons. The highest BCUT2D eigenvalue weighted by molar-refractivity contribution is 5.66. The first-order valence-corrected chi connectivity index (χ1v) is 14.0. The van der Waals surface area contributed by atoms with Crippen LogP contribution in [0.1, 0.15) is 112 Å². The van der Waals surface area contributed by atoms with Crippen LogP contribution in [0.3, 0.4) is 0 Å². The summed E-state index contributed by atoms with van der Waals surface area (Å²) in [7, 11) is 0. The zero-order valence-corrected chi connectivity index (χ0v) is 22.4. The minimum atomic E-state index is -0.279. The number of allylic oxidation sites excluding steroid dienone is 1. The van der Waals surface area contributed by atoms with E-state index in [4.69, 9.17) is 4.74 Å². The summed E-state index contributed by atoms with van der Waals surface area (Å²) < 4.78 is 5.53. The molecule has 8 atom stereocenters. The maximum absolute atomic E-state index is 12.3. The van der Waals surface area contributed by atoms with Crippen molar-refractivity contribution in [1.82, 2.24) is 0 Å². The van der Waals surface area contributed by atoms with Gasteiger partial charge in [0.2, 0.25) is 5.70 Å². The van der Waals surface area contributed by atoms with Crippen LogP contribution in [0.25, 0.3) is 0 Å². The summed E-state index contributed by atoms with van der Waals surface area (Å²) in [4.78, 5) is 23.8. The normalized spacial score (nSPS) is 40.4. The van der Waals surface area contributed by atoms with Gasteiger partial charge in [0.05, 0.1) is 4.92 Å². The van der Waals surface area contributed by atoms with Gasteiger partial charge in [0.1, 0.15) is 6.10 Å². The van der Waals surface area contributed by atoms with Crippen LogP contribution >= 0.6 is 0 Å². The second kappa shape index (κ2) is 9.58. The van der Waals surface area contributed by atoms with Crippen molar-refractivity contribution in [2.24, 2.45) is 46.3 Å². The number of ether oxygens (including phenoxy) is 1. The summed E-state index contributed by atoms with van der Waals surface area (Å²) in [6.07, 6.45) is 11.6. The Bertz CT molecular complexity index is 834. The number of hydrogen-bond acceptors (Lipinski definition) is 4. The van der Waals surface area contributed by atoms with Crippen molar-refractivity contribution in [2.75, 3.05) is 0 Å². The summed E-state index contributed by atoms with van der Waals surface area (Å²) in [5.74, 6) is 3.53. The minimum Gasteiger partial charge on any atom is -0.462 e. The molecule has 4 rings (SSSR count). The maximum Gasteiger partial charge on any atom is 0.302 e. The highest BCUT2D eigenvalue weighted by Crippen LogP contribution is 2.68. The molecule has 0 aromatic rings. The number of carbonyl (C=O) groups is 1. The van der Waals surface area contributed by atoms with Gasteiger partial charge >= 0.3 is 5.97 Å². The second-order valence-corrected chi connectivity index (χ2v) is 13.2. The van der Waals surface area contributed by atoms with Crippen molar-refractivity contribution in [2.45, 2.75) is 118 Å². The Hall–Kier alpha value is -1.39. The molecule has 0 aromatic carbocycles. The van der Waals surface area contributed by atoms with Crippen LogP contribution in [0.15, 0.2) is 11.3 Å². The summed E-state index contributed by atoms with van der Waals surface area (Å²) in [5.41, 5.74) is 1.66. The first-order valence-electron chi connectivity index (χ1n) is 14.0. The molecule has 192 valence electrons. The number of esters is 1. The average Bonchev–Trinajstić information content (AvgIpc) is 3.10. The summed E-state index contributed by atoms with van der Waals surface area (Å²) in [6, 6.07) is 0. The Morgan fingerprint density at radius 1 is 1.06 bits per heavy atom. The number of rotatable bonds is 7. The van der Waals surface area contributed by atoms with Crippen LogP contribution in [-0.2, 0) is 9.53 Å². The molecule has 3 saturated carbocycles. The fourth-order valence-electron chi connectivity index (χ4n) is 9.29. The van der Waals surface area contributed by atoms with Gasteiger partial charge in [-0.15, -0.1) is 0 Å². The fourth-order valence-corrected chi connectivity index (χ4v) is 9.29. The summed E-state index contributed by atoms with van der Waals surface area (Å²) in [5, 5.41) is 12.3. The van der Waals surface area contributed by atoms with Gasteiger partial charge in [-0.2, -0.15) is 0 Å². The number of hydrogen-bond donors (Lipinski definition) is 0. The lowest BCUT2D eigenvalue weighted by Gasteiger charge is -2.58. The Labute approximate surface area is 206 Å². The van der Waals surface area contributed by atoms with Gasteiger partial charge in [-0.3, -0.25) is 14.9 Å². The number of fused-ring (bicyclic) bond motifs is 5. The number of nitrogens with zero attached hydrogens (tertiary/aromatic N) is 1. The largest absolute Gasteiger partial charge is 0.462 e. The van der Waals surface area contributed by atoms with E-state index in [1.54, 1.807) is 0 Å². The molecule has 5 nitrogen and oxygen atoms in total. The SMILES string of the molecule is CC(=O)O[C@H]1CC[C@@]2(C)C(=C([N+](=O)[O-])C[C@H]3[C@@H]4CC[C@H]([C@H](C)CCCC(C)C)[C@@]4(C)CC[C@@H]32)C1. The molecule has 0 N–H and O–H groups in total. The molecule has 0 saturated heterocycles. The van der Waals surface area contributed by atoms with Crippen molar-refractivity contribution < 1.29 is 14.5 Å². The molecule has 0 aliphatic heterocycles. The van der Waals surface area contributed by atoms with Crippen LogP contribution < -0.4 is 0 Å². The van der Waals surface area contributed by atoms with Gasteiger partial charge in [-0.25, -0.2) is 0 Å². The highest BCUT2D eigenvalue weighted by Gasteiger charge is 2.61. The molecule has 0 heterocycles. The zero-order chi connectivity index (χ0) is 24.8. The van der Waals surface area contributed by atoms with Gasteiger partial charge in [0, 0.05) is 25.3 Å². The molecule has 0 bridgehead atoms. The maximum atomic E-state index is 12.3. The molecule has 0 unspecified atom stereocenters. The first-order chi connectivity index (χ1) is 16.0. The Morgan fingerprint density at radius 2 is 1.79 bits per heavy atom. The molecule has 4 aliphatic carbocycles. The third kappa shape index (κ3) is 4.46. The monoisotopic (exact) mass is 473 g/mol. The van der Waals surface area contributed by atoms with Gasteiger partial charge in [0.15, 0.2) is 0 Å². The van der Waals surface area contributed by atoms with Gasteiger partial charge in [-0.1, -0.05) is 53.9 Å². The topological polar surface area (TPSA) is 69.4 Å². The number of carbonyl (C=O) groups excluding carboxylic acids is 1. The van der Waals surface area contributed by atoms with E-state index in [9.17, 15) is 14.9 Å². The molecular weight excluding hydrogens is 426 g/mol. The van der Waals surface area contributed by atoms with Crippen LogP contribution in [0.4, 0.5) is 0 Å². The second-order valence-electron chi connectivity index (χ2n) is 13.2. The molecule has 3 fully saturated rings. The van der Waals surface area contributed by atoms with E-state index in [2.05, 4.69) is 34.6 Å². The van der Waals surface area contributed by atoms with E-state index >= 15 is 0 Å². The lowest BCUT2D eigenvalue weighted by molar-refractivity contribution is -0.434. The van der Waals surface area contributed by atoms with E-state index in [0.29, 0.717) is 41.7 Å². The first kappa shape index (κ1) is 25.7. The lowest BCUT2D eigenvalue weighted by atomic mass is 9.46. The van der Waals surface area contributed by atoms with Crippen molar-refractivity contribution in [3.05, 3.63) is 21.4 Å². The molecule has 0 spiro atoms. The predicted octanol–water partition coefficient (Wildman–Crippen LogP) is 7.56.